The number of hydrogen-bond acceptors (Lipinski definition) is 5. The summed E-state index contributed by atoms with van der Waals surface area (Å²) in [5.41, 5.74) is -0.571. The highest BCUT2D eigenvalue weighted by molar-refractivity contribution is 5.76. The molecular formula is C17H19N5O4. The lowest BCUT2D eigenvalue weighted by molar-refractivity contribution is -0.121. The second kappa shape index (κ2) is 7.26. The zero-order valence-corrected chi connectivity index (χ0v) is 14.5. The molecule has 0 saturated carbocycles. The molecule has 136 valence electrons. The van der Waals surface area contributed by atoms with Crippen LogP contribution in [0.15, 0.2) is 46.2 Å². The van der Waals surface area contributed by atoms with Gasteiger partial charge in [0.05, 0.1) is 12.9 Å². The Hall–Kier alpha value is -3.36. The van der Waals surface area contributed by atoms with Crippen LogP contribution < -0.4 is 21.3 Å². The molecule has 26 heavy (non-hydrogen) atoms. The summed E-state index contributed by atoms with van der Waals surface area (Å²) in [5, 5.41) is 2.64. The van der Waals surface area contributed by atoms with E-state index in [1.54, 1.807) is 7.05 Å². The van der Waals surface area contributed by atoms with E-state index in [1.807, 2.05) is 30.3 Å². The lowest BCUT2D eigenvalue weighted by atomic mass is 10.3. The fourth-order valence-corrected chi connectivity index (χ4v) is 2.61. The van der Waals surface area contributed by atoms with Crippen LogP contribution in [0.3, 0.4) is 0 Å². The van der Waals surface area contributed by atoms with Crippen LogP contribution in [0.1, 0.15) is 0 Å². The number of rotatable bonds is 6. The number of aryl methyl sites for hydroxylation is 2. The monoisotopic (exact) mass is 357 g/mol. The van der Waals surface area contributed by atoms with Gasteiger partial charge in [-0.15, -0.1) is 0 Å². The number of imidazole rings is 1. The third-order valence-corrected chi connectivity index (χ3v) is 3.94. The van der Waals surface area contributed by atoms with Crippen molar-refractivity contribution in [3.05, 3.63) is 57.5 Å². The van der Waals surface area contributed by atoms with Crippen LogP contribution in [-0.2, 0) is 25.4 Å². The van der Waals surface area contributed by atoms with Crippen LogP contribution in [0.4, 0.5) is 0 Å². The molecule has 0 unspecified atom stereocenters. The van der Waals surface area contributed by atoms with E-state index < -0.39 is 17.2 Å². The molecule has 1 amide bonds. The topological polar surface area (TPSA) is 100 Å². The zero-order valence-electron chi connectivity index (χ0n) is 14.5. The van der Waals surface area contributed by atoms with Crippen LogP contribution in [-0.4, -0.2) is 37.7 Å². The van der Waals surface area contributed by atoms with E-state index in [0.717, 1.165) is 4.57 Å². The minimum Gasteiger partial charge on any atom is -0.492 e. The van der Waals surface area contributed by atoms with Gasteiger partial charge in [-0.25, -0.2) is 14.3 Å². The number of benzene rings is 1. The van der Waals surface area contributed by atoms with E-state index in [4.69, 9.17) is 4.74 Å². The van der Waals surface area contributed by atoms with Gasteiger partial charge in [-0.3, -0.25) is 14.2 Å². The lowest BCUT2D eigenvalue weighted by Gasteiger charge is -2.10. The fourth-order valence-electron chi connectivity index (χ4n) is 2.61. The number of nitrogens with one attached hydrogen (secondary N) is 1. The number of amides is 1. The summed E-state index contributed by atoms with van der Waals surface area (Å²) in [7, 11) is 3.17. The van der Waals surface area contributed by atoms with Gasteiger partial charge in [-0.1, -0.05) is 18.2 Å². The van der Waals surface area contributed by atoms with Crippen LogP contribution in [0, 0.1) is 0 Å². The summed E-state index contributed by atoms with van der Waals surface area (Å²) in [4.78, 5) is 41.0. The molecule has 0 spiro atoms. The maximum Gasteiger partial charge on any atom is 0.332 e. The molecule has 1 aromatic carbocycles. The first-order chi connectivity index (χ1) is 12.5. The number of aromatic nitrogens is 4. The zero-order chi connectivity index (χ0) is 18.7. The summed E-state index contributed by atoms with van der Waals surface area (Å²) in [5.74, 6) is 0.260. The van der Waals surface area contributed by atoms with Crippen LogP contribution in [0.2, 0.25) is 0 Å². The molecule has 3 aromatic rings. The van der Waals surface area contributed by atoms with Crippen molar-refractivity contribution < 1.29 is 9.53 Å². The molecular weight excluding hydrogens is 338 g/mol. The Kier molecular flexibility index (Phi) is 4.87. The molecule has 0 radical (unpaired) electrons. The Balaban J connectivity index is 1.67. The van der Waals surface area contributed by atoms with Crippen LogP contribution >= 0.6 is 0 Å². The third kappa shape index (κ3) is 3.37. The summed E-state index contributed by atoms with van der Waals surface area (Å²) >= 11 is 0. The van der Waals surface area contributed by atoms with Gasteiger partial charge >= 0.3 is 5.69 Å². The summed E-state index contributed by atoms with van der Waals surface area (Å²) < 4.78 is 9.16. The van der Waals surface area contributed by atoms with Gasteiger partial charge in [-0.05, 0) is 12.1 Å². The van der Waals surface area contributed by atoms with Crippen molar-refractivity contribution in [3.63, 3.8) is 0 Å². The Labute approximate surface area is 148 Å². The number of para-hydroxylation sites is 1. The summed E-state index contributed by atoms with van der Waals surface area (Å²) in [6, 6.07) is 9.21. The number of carbonyl (C=O) groups excluding carboxylic acids is 1. The normalized spacial score (nSPS) is 10.8. The van der Waals surface area contributed by atoms with Crippen molar-refractivity contribution in [2.75, 3.05) is 13.2 Å². The number of nitrogens with zero attached hydrogens (tertiary/aromatic N) is 4. The molecule has 0 atom stereocenters. The fraction of sp³-hybridized carbons (Fsp3) is 0.294. The molecule has 9 nitrogen and oxygen atoms in total. The van der Waals surface area contributed by atoms with E-state index in [2.05, 4.69) is 10.3 Å². The second-order valence-corrected chi connectivity index (χ2v) is 5.77. The molecule has 0 fully saturated rings. The van der Waals surface area contributed by atoms with Gasteiger partial charge in [0.1, 0.15) is 18.9 Å². The van der Waals surface area contributed by atoms with Crippen molar-refractivity contribution in [1.29, 1.82) is 0 Å². The smallest absolute Gasteiger partial charge is 0.332 e. The first-order valence-electron chi connectivity index (χ1n) is 8.04. The first-order valence-corrected chi connectivity index (χ1v) is 8.04. The van der Waals surface area contributed by atoms with Crippen molar-refractivity contribution in [3.8, 4) is 5.75 Å². The SMILES string of the molecule is Cn1cnc2c1c(=O)n(CC(=O)NCCOc1ccccc1)c(=O)n2C. The molecule has 0 saturated heterocycles. The molecule has 3 rings (SSSR count). The van der Waals surface area contributed by atoms with Crippen LogP contribution in [0.5, 0.6) is 5.75 Å². The van der Waals surface area contributed by atoms with Gasteiger partial charge < -0.3 is 14.6 Å². The quantitative estimate of drug-likeness (QED) is 0.607. The molecule has 0 bridgehead atoms. The molecule has 9 heteroatoms. The minimum absolute atomic E-state index is 0.261. The maximum atomic E-state index is 12.5. The van der Waals surface area contributed by atoms with Crippen molar-refractivity contribution in [2.45, 2.75) is 6.54 Å². The van der Waals surface area contributed by atoms with Crippen molar-refractivity contribution in [1.82, 2.24) is 24.0 Å². The average molecular weight is 357 g/mol. The Bertz CT molecular complexity index is 1050. The van der Waals surface area contributed by atoms with E-state index in [0.29, 0.717) is 5.75 Å². The number of ether oxygens (including phenoxy) is 1. The second-order valence-electron chi connectivity index (χ2n) is 5.77. The van der Waals surface area contributed by atoms with E-state index >= 15 is 0 Å². The molecule has 2 aromatic heterocycles. The Morgan fingerprint density at radius 1 is 1.19 bits per heavy atom. The van der Waals surface area contributed by atoms with Gasteiger partial charge in [0.15, 0.2) is 11.2 Å². The van der Waals surface area contributed by atoms with Crippen molar-refractivity contribution in [2.24, 2.45) is 14.1 Å². The minimum atomic E-state index is -0.586. The average Bonchev–Trinajstić information content (AvgIpc) is 3.03. The maximum absolute atomic E-state index is 12.5. The highest BCUT2D eigenvalue weighted by Gasteiger charge is 2.16. The van der Waals surface area contributed by atoms with E-state index in [1.165, 1.54) is 22.5 Å². The molecule has 0 aliphatic rings. The number of hydrogen-bond donors (Lipinski definition) is 1. The summed E-state index contributed by atoms with van der Waals surface area (Å²) in [6.07, 6.45) is 1.46. The predicted octanol–water partition coefficient (Wildman–Crippen LogP) is -0.371. The molecule has 0 aliphatic carbocycles. The van der Waals surface area contributed by atoms with Gasteiger partial charge in [0.25, 0.3) is 5.56 Å². The Morgan fingerprint density at radius 3 is 2.65 bits per heavy atom. The van der Waals surface area contributed by atoms with E-state index in [9.17, 15) is 14.4 Å². The van der Waals surface area contributed by atoms with Crippen molar-refractivity contribution >= 4 is 17.1 Å². The molecule has 2 heterocycles. The van der Waals surface area contributed by atoms with Gasteiger partial charge in [0.2, 0.25) is 5.91 Å². The van der Waals surface area contributed by atoms with Gasteiger partial charge in [0, 0.05) is 14.1 Å². The van der Waals surface area contributed by atoms with Gasteiger partial charge in [-0.2, -0.15) is 0 Å². The van der Waals surface area contributed by atoms with E-state index in [-0.39, 0.29) is 30.9 Å². The van der Waals surface area contributed by atoms with Crippen LogP contribution in [0.25, 0.3) is 11.2 Å². The highest BCUT2D eigenvalue weighted by atomic mass is 16.5. The Morgan fingerprint density at radius 2 is 1.92 bits per heavy atom. The molecule has 1 N–H and O–H groups in total. The third-order valence-electron chi connectivity index (χ3n) is 3.94. The molecule has 0 aliphatic heterocycles. The largest absolute Gasteiger partial charge is 0.492 e. The number of carbonyl (C=O) groups is 1. The highest BCUT2D eigenvalue weighted by Crippen LogP contribution is 2.07. The lowest BCUT2D eigenvalue weighted by Crippen LogP contribution is -2.44. The number of fused-ring (bicyclic) bond motifs is 1. The first kappa shape index (κ1) is 17.5. The predicted molar refractivity (Wildman–Crippen MR) is 95.2 cm³/mol. The standard InChI is InChI=1S/C17H19N5O4/c1-20-11-19-15-14(20)16(24)22(17(25)21(15)2)10-13(23)18-8-9-26-12-6-4-3-5-7-12/h3-7,11H,8-10H2,1-2H3,(H,18,23). The summed E-state index contributed by atoms with van der Waals surface area (Å²) in [6.45, 7) is 0.179.